The monoisotopic (exact) mass is 297 g/mol. The van der Waals surface area contributed by atoms with E-state index in [1.807, 2.05) is 6.07 Å². The van der Waals surface area contributed by atoms with E-state index in [1.165, 1.54) is 32.1 Å². The number of fused-ring (bicyclic) bond motifs is 1. The van der Waals surface area contributed by atoms with Gasteiger partial charge in [-0.1, -0.05) is 30.9 Å². The number of aromatic nitrogens is 3. The van der Waals surface area contributed by atoms with Crippen LogP contribution in [0.25, 0.3) is 11.2 Å². The summed E-state index contributed by atoms with van der Waals surface area (Å²) in [4.78, 5) is 9.15. The van der Waals surface area contributed by atoms with Gasteiger partial charge in [0.2, 0.25) is 0 Å². The van der Waals surface area contributed by atoms with Crippen LogP contribution < -0.4 is 0 Å². The summed E-state index contributed by atoms with van der Waals surface area (Å²) in [6, 6.07) is 2.41. The molecule has 102 valence electrons. The molecule has 1 aliphatic rings. The third-order valence-corrected chi connectivity index (χ3v) is 4.22. The molecule has 0 unspecified atom stereocenters. The van der Waals surface area contributed by atoms with Gasteiger partial charge in [0.15, 0.2) is 5.65 Å². The van der Waals surface area contributed by atoms with E-state index in [0.29, 0.717) is 16.9 Å². The van der Waals surface area contributed by atoms with Crippen LogP contribution in [0.1, 0.15) is 44.0 Å². The van der Waals surface area contributed by atoms with Crippen LogP contribution in [-0.2, 0) is 6.42 Å². The normalized spacial score (nSPS) is 17.2. The lowest BCUT2D eigenvalue weighted by Gasteiger charge is -2.25. The number of hydrogen-bond donors (Lipinski definition) is 0. The van der Waals surface area contributed by atoms with E-state index in [0.717, 1.165) is 23.4 Å². The predicted octanol–water partition coefficient (Wildman–Crippen LogP) is 4.37. The Kier molecular flexibility index (Phi) is 3.94. The number of alkyl halides is 1. The van der Waals surface area contributed by atoms with E-state index in [4.69, 9.17) is 23.2 Å². The largest absolute Gasteiger partial charge is 0.310 e. The molecule has 19 heavy (non-hydrogen) atoms. The van der Waals surface area contributed by atoms with Crippen molar-refractivity contribution in [3.63, 3.8) is 0 Å². The lowest BCUT2D eigenvalue weighted by molar-refractivity contribution is 0.352. The highest BCUT2D eigenvalue weighted by Gasteiger charge is 2.21. The molecule has 2 aromatic heterocycles. The van der Waals surface area contributed by atoms with Gasteiger partial charge in [-0.05, 0) is 18.9 Å². The van der Waals surface area contributed by atoms with Crippen molar-refractivity contribution in [2.75, 3.05) is 5.88 Å². The molecule has 0 bridgehead atoms. The molecule has 1 aliphatic carbocycles. The van der Waals surface area contributed by atoms with Crippen LogP contribution >= 0.6 is 23.2 Å². The lowest BCUT2D eigenvalue weighted by atomic mass is 9.95. The van der Waals surface area contributed by atoms with Crippen LogP contribution in [0.2, 0.25) is 5.02 Å². The fourth-order valence-electron chi connectivity index (χ4n) is 2.99. The first-order valence-electron chi connectivity index (χ1n) is 6.88. The summed E-state index contributed by atoms with van der Waals surface area (Å²) in [6.45, 7) is 0. The summed E-state index contributed by atoms with van der Waals surface area (Å²) in [7, 11) is 0. The van der Waals surface area contributed by atoms with Crippen LogP contribution in [0.3, 0.4) is 0 Å². The Bertz CT molecular complexity index is 573. The summed E-state index contributed by atoms with van der Waals surface area (Å²) < 4.78 is 2.30. The van der Waals surface area contributed by atoms with Crippen molar-refractivity contribution in [2.45, 2.75) is 44.6 Å². The van der Waals surface area contributed by atoms with Gasteiger partial charge in [-0.25, -0.2) is 9.97 Å². The number of halogens is 2. The van der Waals surface area contributed by atoms with E-state index in [-0.39, 0.29) is 0 Å². The van der Waals surface area contributed by atoms with Gasteiger partial charge in [-0.3, -0.25) is 0 Å². The third-order valence-electron chi connectivity index (χ3n) is 3.83. The Balaban J connectivity index is 2.09. The third kappa shape index (κ3) is 2.59. The molecule has 0 N–H and O–H groups in total. The Morgan fingerprint density at radius 2 is 2.05 bits per heavy atom. The zero-order valence-electron chi connectivity index (χ0n) is 10.8. The van der Waals surface area contributed by atoms with Crippen molar-refractivity contribution in [3.05, 3.63) is 23.1 Å². The summed E-state index contributed by atoms with van der Waals surface area (Å²) in [5, 5.41) is 0.637. The highest BCUT2D eigenvalue weighted by atomic mass is 35.5. The Hall–Kier alpha value is -0.800. The second-order valence-corrected chi connectivity index (χ2v) is 5.94. The van der Waals surface area contributed by atoms with Gasteiger partial charge in [0.1, 0.15) is 11.3 Å². The first-order chi connectivity index (χ1) is 9.29. The van der Waals surface area contributed by atoms with E-state index in [2.05, 4.69) is 14.5 Å². The maximum absolute atomic E-state index is 6.01. The average Bonchev–Trinajstić information content (AvgIpc) is 2.77. The SMILES string of the molecule is ClCCc1nc2cc(Cl)cnc2n1C1CCCCC1. The molecule has 0 atom stereocenters. The van der Waals surface area contributed by atoms with Crippen molar-refractivity contribution in [2.24, 2.45) is 0 Å². The summed E-state index contributed by atoms with van der Waals surface area (Å²) in [5.41, 5.74) is 1.84. The molecule has 0 saturated heterocycles. The van der Waals surface area contributed by atoms with Crippen molar-refractivity contribution < 1.29 is 0 Å². The van der Waals surface area contributed by atoms with Crippen LogP contribution in [0, 0.1) is 0 Å². The summed E-state index contributed by atoms with van der Waals surface area (Å²) in [6.07, 6.45) is 8.83. The molecule has 0 radical (unpaired) electrons. The molecule has 2 aromatic rings. The van der Waals surface area contributed by atoms with Gasteiger partial charge in [0, 0.05) is 24.5 Å². The molecule has 0 aromatic carbocycles. The maximum Gasteiger partial charge on any atom is 0.160 e. The molecule has 1 saturated carbocycles. The van der Waals surface area contributed by atoms with E-state index in [1.54, 1.807) is 6.20 Å². The van der Waals surface area contributed by atoms with E-state index in [9.17, 15) is 0 Å². The minimum absolute atomic E-state index is 0.519. The molecular weight excluding hydrogens is 281 g/mol. The molecular formula is C14H17Cl2N3. The molecule has 3 rings (SSSR count). The van der Waals surface area contributed by atoms with Crippen molar-refractivity contribution in [1.82, 2.24) is 14.5 Å². The quantitative estimate of drug-likeness (QED) is 0.788. The Labute approximate surface area is 122 Å². The molecule has 3 nitrogen and oxygen atoms in total. The number of pyridine rings is 1. The second-order valence-electron chi connectivity index (χ2n) is 5.13. The number of nitrogens with zero attached hydrogens (tertiary/aromatic N) is 3. The highest BCUT2D eigenvalue weighted by Crippen LogP contribution is 2.32. The fraction of sp³-hybridized carbons (Fsp3) is 0.571. The molecule has 0 spiro atoms. The standard InChI is InChI=1S/C14H17Cl2N3/c15-7-6-13-18-12-8-10(16)9-17-14(12)19(13)11-4-2-1-3-5-11/h8-9,11H,1-7H2. The average molecular weight is 298 g/mol. The van der Waals surface area contributed by atoms with Gasteiger partial charge in [0.05, 0.1) is 5.02 Å². The van der Waals surface area contributed by atoms with Gasteiger partial charge in [-0.2, -0.15) is 0 Å². The summed E-state index contributed by atoms with van der Waals surface area (Å²) >= 11 is 11.9. The van der Waals surface area contributed by atoms with Crippen LogP contribution in [0.15, 0.2) is 12.3 Å². The highest BCUT2D eigenvalue weighted by molar-refractivity contribution is 6.31. The number of rotatable bonds is 3. The van der Waals surface area contributed by atoms with Gasteiger partial charge in [-0.15, -0.1) is 11.6 Å². The first-order valence-corrected chi connectivity index (χ1v) is 7.79. The minimum Gasteiger partial charge on any atom is -0.310 e. The molecule has 1 fully saturated rings. The fourth-order valence-corrected chi connectivity index (χ4v) is 3.31. The second kappa shape index (κ2) is 5.68. The van der Waals surface area contributed by atoms with Crippen LogP contribution in [0.5, 0.6) is 0 Å². The van der Waals surface area contributed by atoms with Gasteiger partial charge in [0.25, 0.3) is 0 Å². The number of hydrogen-bond acceptors (Lipinski definition) is 2. The smallest absolute Gasteiger partial charge is 0.160 e. The van der Waals surface area contributed by atoms with Crippen molar-refractivity contribution in [1.29, 1.82) is 0 Å². The van der Waals surface area contributed by atoms with Gasteiger partial charge >= 0.3 is 0 Å². The molecule has 2 heterocycles. The van der Waals surface area contributed by atoms with Gasteiger partial charge < -0.3 is 4.57 Å². The van der Waals surface area contributed by atoms with Crippen LogP contribution in [-0.4, -0.2) is 20.4 Å². The Morgan fingerprint density at radius 1 is 1.26 bits per heavy atom. The van der Waals surface area contributed by atoms with E-state index >= 15 is 0 Å². The zero-order chi connectivity index (χ0) is 13.2. The van der Waals surface area contributed by atoms with Crippen molar-refractivity contribution >= 4 is 34.4 Å². The summed E-state index contributed by atoms with van der Waals surface area (Å²) in [5.74, 6) is 1.63. The maximum atomic E-state index is 6.01. The number of imidazole rings is 1. The molecule has 5 heteroatoms. The lowest BCUT2D eigenvalue weighted by Crippen LogP contribution is -2.16. The first kappa shape index (κ1) is 13.2. The minimum atomic E-state index is 0.519. The molecule has 0 aliphatic heterocycles. The Morgan fingerprint density at radius 3 is 2.79 bits per heavy atom. The van der Waals surface area contributed by atoms with Crippen molar-refractivity contribution in [3.8, 4) is 0 Å². The predicted molar refractivity (Wildman–Crippen MR) is 79.1 cm³/mol. The topological polar surface area (TPSA) is 30.7 Å². The zero-order valence-corrected chi connectivity index (χ0v) is 12.3. The van der Waals surface area contributed by atoms with E-state index < -0.39 is 0 Å². The van der Waals surface area contributed by atoms with Crippen LogP contribution in [0.4, 0.5) is 0 Å². The number of aryl methyl sites for hydroxylation is 1. The molecule has 0 amide bonds.